The van der Waals surface area contributed by atoms with Gasteiger partial charge in [0.15, 0.2) is 0 Å². The van der Waals surface area contributed by atoms with Gasteiger partial charge in [0, 0.05) is 5.57 Å². The number of methoxy groups -OCH3 is 2. The molecule has 0 saturated heterocycles. The van der Waals surface area contributed by atoms with Gasteiger partial charge in [-0.1, -0.05) is 13.5 Å². The zero-order valence-corrected chi connectivity index (χ0v) is 8.12. The monoisotopic (exact) mass is 186 g/mol. The Morgan fingerprint density at radius 2 is 1.85 bits per heavy atom. The van der Waals surface area contributed by atoms with Crippen LogP contribution >= 0.6 is 0 Å². The molecule has 1 unspecified atom stereocenters. The van der Waals surface area contributed by atoms with Crippen molar-refractivity contribution in [2.45, 2.75) is 13.3 Å². The van der Waals surface area contributed by atoms with Gasteiger partial charge in [0.2, 0.25) is 0 Å². The molecule has 0 aliphatic carbocycles. The topological polar surface area (TPSA) is 52.6 Å². The normalized spacial score (nSPS) is 11.6. The Hall–Kier alpha value is -1.32. The van der Waals surface area contributed by atoms with E-state index in [9.17, 15) is 9.59 Å². The molecule has 0 rings (SSSR count). The highest BCUT2D eigenvalue weighted by atomic mass is 16.5. The molecule has 0 amide bonds. The van der Waals surface area contributed by atoms with Crippen molar-refractivity contribution in [2.24, 2.45) is 5.92 Å². The first-order valence-corrected chi connectivity index (χ1v) is 3.93. The van der Waals surface area contributed by atoms with Crippen LogP contribution in [0.2, 0.25) is 0 Å². The molecule has 0 aliphatic rings. The summed E-state index contributed by atoms with van der Waals surface area (Å²) in [5, 5.41) is 0. The van der Waals surface area contributed by atoms with E-state index in [0.717, 1.165) is 0 Å². The third-order valence-electron chi connectivity index (χ3n) is 1.76. The van der Waals surface area contributed by atoms with Crippen LogP contribution < -0.4 is 0 Å². The first kappa shape index (κ1) is 11.7. The molecular formula is C9H14O4. The molecule has 4 heteroatoms. The van der Waals surface area contributed by atoms with Crippen molar-refractivity contribution in [1.82, 2.24) is 0 Å². The lowest BCUT2D eigenvalue weighted by Gasteiger charge is -2.12. The fourth-order valence-corrected chi connectivity index (χ4v) is 0.971. The molecule has 0 saturated carbocycles. The largest absolute Gasteiger partial charge is 0.469 e. The fourth-order valence-electron chi connectivity index (χ4n) is 0.971. The molecule has 0 N–H and O–H groups in total. The predicted molar refractivity (Wildman–Crippen MR) is 47.0 cm³/mol. The third-order valence-corrected chi connectivity index (χ3v) is 1.76. The Bertz CT molecular complexity index is 220. The maximum Gasteiger partial charge on any atom is 0.334 e. The summed E-state index contributed by atoms with van der Waals surface area (Å²) in [4.78, 5) is 22.1. The van der Waals surface area contributed by atoms with Crippen molar-refractivity contribution in [3.63, 3.8) is 0 Å². The van der Waals surface area contributed by atoms with Crippen molar-refractivity contribution < 1.29 is 19.1 Å². The van der Waals surface area contributed by atoms with Crippen LogP contribution in [0.5, 0.6) is 0 Å². The van der Waals surface area contributed by atoms with Crippen LogP contribution in [0.1, 0.15) is 13.3 Å². The second-order valence-corrected chi connectivity index (χ2v) is 2.50. The van der Waals surface area contributed by atoms with Crippen LogP contribution in [-0.4, -0.2) is 26.2 Å². The molecule has 74 valence electrons. The van der Waals surface area contributed by atoms with Crippen LogP contribution in [0.15, 0.2) is 12.2 Å². The molecule has 0 spiro atoms. The summed E-state index contributed by atoms with van der Waals surface area (Å²) in [6, 6.07) is 0. The molecule has 0 radical (unpaired) electrons. The fraction of sp³-hybridized carbons (Fsp3) is 0.556. The molecule has 13 heavy (non-hydrogen) atoms. The first-order chi connectivity index (χ1) is 6.08. The molecular weight excluding hydrogens is 172 g/mol. The quantitative estimate of drug-likeness (QED) is 0.484. The summed E-state index contributed by atoms with van der Waals surface area (Å²) in [5.41, 5.74) is 0.136. The maximum absolute atomic E-state index is 11.1. The van der Waals surface area contributed by atoms with Gasteiger partial charge in [-0.15, -0.1) is 0 Å². The molecule has 0 aliphatic heterocycles. The summed E-state index contributed by atoms with van der Waals surface area (Å²) >= 11 is 0. The standard InChI is InChI=1S/C9H14O4/c1-5-7(9(11)13-4)6(2)8(10)12-3/h7H,2,5H2,1,3-4H3. The van der Waals surface area contributed by atoms with E-state index >= 15 is 0 Å². The number of carbonyl (C=O) groups excluding carboxylic acids is 2. The van der Waals surface area contributed by atoms with E-state index in [1.165, 1.54) is 14.2 Å². The minimum absolute atomic E-state index is 0.136. The number of hydrogen-bond donors (Lipinski definition) is 0. The van der Waals surface area contributed by atoms with Crippen LogP contribution in [0.4, 0.5) is 0 Å². The van der Waals surface area contributed by atoms with E-state index in [1.54, 1.807) is 6.92 Å². The Balaban J connectivity index is 4.49. The zero-order chi connectivity index (χ0) is 10.4. The van der Waals surface area contributed by atoms with E-state index in [-0.39, 0.29) is 5.57 Å². The SMILES string of the molecule is C=C(C(=O)OC)C(CC)C(=O)OC. The van der Waals surface area contributed by atoms with E-state index in [2.05, 4.69) is 16.1 Å². The minimum Gasteiger partial charge on any atom is -0.469 e. The van der Waals surface area contributed by atoms with Crippen molar-refractivity contribution in [3.8, 4) is 0 Å². The summed E-state index contributed by atoms with van der Waals surface area (Å²) in [6.45, 7) is 5.26. The highest BCUT2D eigenvalue weighted by molar-refractivity contribution is 5.94. The van der Waals surface area contributed by atoms with E-state index < -0.39 is 17.9 Å². The molecule has 0 aromatic carbocycles. The van der Waals surface area contributed by atoms with Crippen molar-refractivity contribution in [3.05, 3.63) is 12.2 Å². The molecule has 0 aromatic heterocycles. The third kappa shape index (κ3) is 2.89. The van der Waals surface area contributed by atoms with Crippen LogP contribution in [-0.2, 0) is 19.1 Å². The average molecular weight is 186 g/mol. The summed E-state index contributed by atoms with van der Waals surface area (Å²) in [7, 11) is 2.52. The van der Waals surface area contributed by atoms with Gasteiger partial charge < -0.3 is 9.47 Å². The lowest BCUT2D eigenvalue weighted by atomic mass is 9.98. The van der Waals surface area contributed by atoms with Gasteiger partial charge in [-0.3, -0.25) is 4.79 Å². The van der Waals surface area contributed by atoms with Crippen LogP contribution in [0.25, 0.3) is 0 Å². The van der Waals surface area contributed by atoms with Gasteiger partial charge in [-0.2, -0.15) is 0 Å². The Labute approximate surface area is 77.5 Å². The van der Waals surface area contributed by atoms with Gasteiger partial charge in [0.25, 0.3) is 0 Å². The summed E-state index contributed by atoms with van der Waals surface area (Å²) < 4.78 is 8.95. The Morgan fingerprint density at radius 1 is 1.31 bits per heavy atom. The zero-order valence-electron chi connectivity index (χ0n) is 8.12. The van der Waals surface area contributed by atoms with E-state index in [1.807, 2.05) is 0 Å². The number of carbonyl (C=O) groups is 2. The highest BCUT2D eigenvalue weighted by Crippen LogP contribution is 2.15. The summed E-state index contributed by atoms with van der Waals surface area (Å²) in [5.74, 6) is -1.63. The van der Waals surface area contributed by atoms with E-state index in [0.29, 0.717) is 6.42 Å². The molecule has 0 aromatic rings. The number of rotatable bonds is 4. The van der Waals surface area contributed by atoms with Gasteiger partial charge in [-0.05, 0) is 6.42 Å². The lowest BCUT2D eigenvalue weighted by Crippen LogP contribution is -2.22. The second kappa shape index (κ2) is 5.35. The number of hydrogen-bond acceptors (Lipinski definition) is 4. The van der Waals surface area contributed by atoms with E-state index in [4.69, 9.17) is 0 Å². The van der Waals surface area contributed by atoms with Crippen molar-refractivity contribution >= 4 is 11.9 Å². The Morgan fingerprint density at radius 3 is 2.15 bits per heavy atom. The van der Waals surface area contributed by atoms with Gasteiger partial charge in [0.1, 0.15) is 0 Å². The van der Waals surface area contributed by atoms with Crippen molar-refractivity contribution in [2.75, 3.05) is 14.2 Å². The molecule has 1 atom stereocenters. The number of ether oxygens (including phenoxy) is 2. The lowest BCUT2D eigenvalue weighted by molar-refractivity contribution is -0.147. The van der Waals surface area contributed by atoms with Gasteiger partial charge >= 0.3 is 11.9 Å². The number of esters is 2. The smallest absolute Gasteiger partial charge is 0.334 e. The highest BCUT2D eigenvalue weighted by Gasteiger charge is 2.25. The molecule has 0 fully saturated rings. The van der Waals surface area contributed by atoms with Gasteiger partial charge in [-0.25, -0.2) is 4.79 Å². The molecule has 0 heterocycles. The molecule has 0 bridgehead atoms. The molecule has 4 nitrogen and oxygen atoms in total. The Kier molecular flexibility index (Phi) is 4.80. The second-order valence-electron chi connectivity index (χ2n) is 2.50. The van der Waals surface area contributed by atoms with Crippen LogP contribution in [0.3, 0.4) is 0 Å². The first-order valence-electron chi connectivity index (χ1n) is 3.93. The van der Waals surface area contributed by atoms with Crippen molar-refractivity contribution in [1.29, 1.82) is 0 Å². The minimum atomic E-state index is -0.600. The predicted octanol–water partition coefficient (Wildman–Crippen LogP) is 0.915. The van der Waals surface area contributed by atoms with Gasteiger partial charge in [0.05, 0.1) is 20.1 Å². The maximum atomic E-state index is 11.1. The average Bonchev–Trinajstić information content (AvgIpc) is 2.17. The summed E-state index contributed by atoms with van der Waals surface area (Å²) in [6.07, 6.45) is 0.473. The van der Waals surface area contributed by atoms with Crippen LogP contribution in [0, 0.1) is 5.92 Å².